The Morgan fingerprint density at radius 1 is 1.19 bits per heavy atom. The van der Waals surface area contributed by atoms with Crippen LogP contribution in [0.3, 0.4) is 0 Å². The Kier molecular flexibility index (Phi) is 4.19. The Labute approximate surface area is 155 Å². The highest BCUT2D eigenvalue weighted by molar-refractivity contribution is 5.83. The van der Waals surface area contributed by atoms with E-state index < -0.39 is 0 Å². The van der Waals surface area contributed by atoms with Crippen LogP contribution in [0.2, 0.25) is 0 Å². The molecule has 0 saturated heterocycles. The number of hydrogen-bond acceptors (Lipinski definition) is 4. The highest BCUT2D eigenvalue weighted by atomic mass is 16.2. The van der Waals surface area contributed by atoms with E-state index in [1.165, 1.54) is 21.8 Å². The zero-order valence-corrected chi connectivity index (χ0v) is 15.1. The lowest BCUT2D eigenvalue weighted by molar-refractivity contribution is -0.122. The van der Waals surface area contributed by atoms with Crippen molar-refractivity contribution in [3.63, 3.8) is 0 Å². The molecule has 2 heterocycles. The van der Waals surface area contributed by atoms with Crippen molar-refractivity contribution in [1.29, 1.82) is 0 Å². The fourth-order valence-electron chi connectivity index (χ4n) is 3.18. The quantitative estimate of drug-likeness (QED) is 0.604. The molecule has 4 aromatic rings. The van der Waals surface area contributed by atoms with Crippen molar-refractivity contribution < 1.29 is 4.79 Å². The summed E-state index contributed by atoms with van der Waals surface area (Å²) in [6.45, 7) is 1.84. The third-order valence-corrected chi connectivity index (χ3v) is 4.68. The summed E-state index contributed by atoms with van der Waals surface area (Å²) in [7, 11) is 1.72. The lowest BCUT2D eigenvalue weighted by atomic mass is 10.0. The van der Waals surface area contributed by atoms with Crippen LogP contribution in [0.5, 0.6) is 0 Å². The second kappa shape index (κ2) is 6.68. The van der Waals surface area contributed by atoms with Crippen molar-refractivity contribution in [3.05, 3.63) is 70.9 Å². The van der Waals surface area contributed by atoms with Gasteiger partial charge in [-0.15, -0.1) is 0 Å². The second-order valence-corrected chi connectivity index (χ2v) is 6.58. The molecule has 136 valence electrons. The average molecular weight is 361 g/mol. The summed E-state index contributed by atoms with van der Waals surface area (Å²) < 4.78 is 2.83. The van der Waals surface area contributed by atoms with Crippen LogP contribution in [0.4, 0.5) is 0 Å². The molecule has 0 bridgehead atoms. The van der Waals surface area contributed by atoms with Gasteiger partial charge < -0.3 is 5.32 Å². The zero-order chi connectivity index (χ0) is 19.0. The number of aryl methyl sites for hydroxylation is 1. The van der Waals surface area contributed by atoms with Crippen molar-refractivity contribution in [2.45, 2.75) is 19.5 Å². The minimum atomic E-state index is -0.276. The molecule has 4 rings (SSSR count). The highest BCUT2D eigenvalue weighted by Crippen LogP contribution is 2.20. The Hall–Kier alpha value is -3.48. The largest absolute Gasteiger partial charge is 0.348 e. The van der Waals surface area contributed by atoms with Crippen LogP contribution < -0.4 is 10.9 Å². The maximum absolute atomic E-state index is 12.5. The van der Waals surface area contributed by atoms with Gasteiger partial charge in [-0.1, -0.05) is 36.4 Å². The van der Waals surface area contributed by atoms with Crippen molar-refractivity contribution in [2.24, 2.45) is 7.05 Å². The van der Waals surface area contributed by atoms with E-state index in [0.717, 1.165) is 16.3 Å². The minimum absolute atomic E-state index is 0.0887. The van der Waals surface area contributed by atoms with Gasteiger partial charge in [0.15, 0.2) is 5.65 Å². The predicted octanol–water partition coefficient (Wildman–Crippen LogP) is 2.16. The van der Waals surface area contributed by atoms with Gasteiger partial charge in [-0.2, -0.15) is 5.10 Å². The maximum Gasteiger partial charge on any atom is 0.264 e. The number of rotatable bonds is 4. The van der Waals surface area contributed by atoms with Crippen molar-refractivity contribution in [2.75, 3.05) is 0 Å². The van der Waals surface area contributed by atoms with Gasteiger partial charge in [-0.3, -0.25) is 18.8 Å². The molecule has 1 amide bonds. The second-order valence-electron chi connectivity index (χ2n) is 6.58. The van der Waals surface area contributed by atoms with Crippen LogP contribution >= 0.6 is 0 Å². The van der Waals surface area contributed by atoms with Crippen LogP contribution in [0, 0.1) is 0 Å². The molecule has 0 aliphatic rings. The third-order valence-electron chi connectivity index (χ3n) is 4.68. The number of carbonyl (C=O) groups is 1. The van der Waals surface area contributed by atoms with E-state index in [4.69, 9.17) is 0 Å². The number of carbonyl (C=O) groups excluding carboxylic acids is 1. The lowest BCUT2D eigenvalue weighted by Crippen LogP contribution is -2.33. The lowest BCUT2D eigenvalue weighted by Gasteiger charge is -2.15. The van der Waals surface area contributed by atoms with Crippen LogP contribution in [-0.2, 0) is 18.4 Å². The average Bonchev–Trinajstić information content (AvgIpc) is 3.05. The Morgan fingerprint density at radius 2 is 1.96 bits per heavy atom. The number of aromatic nitrogens is 4. The molecular weight excluding hydrogens is 342 g/mol. The van der Waals surface area contributed by atoms with E-state index >= 15 is 0 Å². The number of hydrogen-bond donors (Lipinski definition) is 1. The maximum atomic E-state index is 12.5. The Bertz CT molecular complexity index is 1210. The molecule has 2 aromatic carbocycles. The number of amides is 1. The van der Waals surface area contributed by atoms with Gasteiger partial charge in [0, 0.05) is 7.05 Å². The van der Waals surface area contributed by atoms with Crippen LogP contribution in [-0.4, -0.2) is 25.2 Å². The van der Waals surface area contributed by atoms with Crippen LogP contribution in [0.15, 0.2) is 59.8 Å². The molecule has 0 fully saturated rings. The van der Waals surface area contributed by atoms with Gasteiger partial charge >= 0.3 is 0 Å². The SMILES string of the molecule is CC(NC(=O)Cn1cnc2c(cnn2C)c1=O)c1ccc2ccccc2c1. The summed E-state index contributed by atoms with van der Waals surface area (Å²) in [5.74, 6) is -0.247. The van der Waals surface area contributed by atoms with Crippen LogP contribution in [0.25, 0.3) is 21.8 Å². The monoisotopic (exact) mass is 361 g/mol. The fraction of sp³-hybridized carbons (Fsp3) is 0.200. The molecule has 1 unspecified atom stereocenters. The molecule has 0 aliphatic carbocycles. The fourth-order valence-corrected chi connectivity index (χ4v) is 3.18. The van der Waals surface area contributed by atoms with E-state index in [1.807, 2.05) is 37.3 Å². The predicted molar refractivity (Wildman–Crippen MR) is 103 cm³/mol. The molecule has 7 heteroatoms. The normalized spacial score (nSPS) is 12.4. The molecule has 0 radical (unpaired) electrons. The van der Waals surface area contributed by atoms with E-state index in [0.29, 0.717) is 11.0 Å². The topological polar surface area (TPSA) is 81.8 Å². The van der Waals surface area contributed by atoms with Crippen molar-refractivity contribution in [1.82, 2.24) is 24.6 Å². The molecule has 0 spiro atoms. The molecular formula is C20H19N5O2. The van der Waals surface area contributed by atoms with Gasteiger partial charge in [-0.25, -0.2) is 4.98 Å². The summed E-state index contributed by atoms with van der Waals surface area (Å²) >= 11 is 0. The third kappa shape index (κ3) is 3.19. The van der Waals surface area contributed by atoms with Crippen molar-refractivity contribution in [3.8, 4) is 0 Å². The Balaban J connectivity index is 1.51. The number of nitrogens with zero attached hydrogens (tertiary/aromatic N) is 4. The van der Waals surface area contributed by atoms with Gasteiger partial charge in [0.25, 0.3) is 5.56 Å². The number of fused-ring (bicyclic) bond motifs is 2. The summed E-state index contributed by atoms with van der Waals surface area (Å²) in [6.07, 6.45) is 2.85. The van der Waals surface area contributed by atoms with Crippen LogP contribution in [0.1, 0.15) is 18.5 Å². The molecule has 1 atom stereocenters. The molecule has 1 N–H and O–H groups in total. The number of nitrogens with one attached hydrogen (secondary N) is 1. The zero-order valence-electron chi connectivity index (χ0n) is 15.1. The standard InChI is InChI=1S/C20H19N5O2/c1-13(15-8-7-14-5-3-4-6-16(14)9-15)23-18(26)11-25-12-21-19-17(20(25)27)10-22-24(19)2/h3-10,12-13H,11H2,1-2H3,(H,23,26). The molecule has 7 nitrogen and oxygen atoms in total. The van der Waals surface area contributed by atoms with Gasteiger partial charge in [0.05, 0.1) is 12.2 Å². The Morgan fingerprint density at radius 3 is 2.78 bits per heavy atom. The minimum Gasteiger partial charge on any atom is -0.348 e. The van der Waals surface area contributed by atoms with E-state index in [9.17, 15) is 9.59 Å². The smallest absolute Gasteiger partial charge is 0.264 e. The molecule has 2 aromatic heterocycles. The first-order valence-corrected chi connectivity index (χ1v) is 8.68. The summed E-state index contributed by atoms with van der Waals surface area (Å²) in [5, 5.41) is 9.65. The summed E-state index contributed by atoms with van der Waals surface area (Å²) in [4.78, 5) is 29.1. The van der Waals surface area contributed by atoms with Gasteiger partial charge in [-0.05, 0) is 29.3 Å². The summed E-state index contributed by atoms with van der Waals surface area (Å²) in [6, 6.07) is 14.0. The van der Waals surface area contributed by atoms with E-state index in [-0.39, 0.29) is 24.1 Å². The number of benzene rings is 2. The first-order chi connectivity index (χ1) is 13.0. The highest BCUT2D eigenvalue weighted by Gasteiger charge is 2.13. The van der Waals surface area contributed by atoms with E-state index in [2.05, 4.69) is 27.5 Å². The summed E-state index contributed by atoms with van der Waals surface area (Å²) in [5.41, 5.74) is 1.23. The molecule has 0 saturated carbocycles. The molecule has 0 aliphatic heterocycles. The van der Waals surface area contributed by atoms with Gasteiger partial charge in [0.2, 0.25) is 5.91 Å². The van der Waals surface area contributed by atoms with Gasteiger partial charge in [0.1, 0.15) is 18.3 Å². The first-order valence-electron chi connectivity index (χ1n) is 8.68. The van der Waals surface area contributed by atoms with E-state index in [1.54, 1.807) is 7.05 Å². The first kappa shape index (κ1) is 17.0. The molecule has 27 heavy (non-hydrogen) atoms. The van der Waals surface area contributed by atoms with Crippen molar-refractivity contribution >= 4 is 27.7 Å².